The van der Waals surface area contributed by atoms with Crippen LogP contribution in [0.25, 0.3) is 0 Å². The molecule has 3 rings (SSSR count). The Balaban J connectivity index is 1.46. The van der Waals surface area contributed by atoms with Crippen LogP contribution in [-0.2, 0) is 12.8 Å². The van der Waals surface area contributed by atoms with Gasteiger partial charge in [0, 0.05) is 18.5 Å². The van der Waals surface area contributed by atoms with Gasteiger partial charge in [0.05, 0.1) is 0 Å². The lowest BCUT2D eigenvalue weighted by Crippen LogP contribution is -2.33. The van der Waals surface area contributed by atoms with Crippen molar-refractivity contribution in [3.8, 4) is 0 Å². The summed E-state index contributed by atoms with van der Waals surface area (Å²) in [5.41, 5.74) is 3.95. The van der Waals surface area contributed by atoms with Crippen LogP contribution in [-0.4, -0.2) is 30.7 Å². The zero-order valence-electron chi connectivity index (χ0n) is 15.5. The summed E-state index contributed by atoms with van der Waals surface area (Å²) in [6, 6.07) is 20.0. The minimum Gasteiger partial charge on any atom is -0.303 e. The van der Waals surface area contributed by atoms with Gasteiger partial charge in [-0.25, -0.2) is 4.39 Å². The van der Waals surface area contributed by atoms with Crippen LogP contribution in [0, 0.1) is 0 Å². The number of likely N-dealkylation sites (N-methyl/N-ethyl adjacent to an activating group) is 1. The molecule has 25 heavy (non-hydrogen) atoms. The fraction of sp³-hybridized carbons (Fsp3) is 0.478. The van der Waals surface area contributed by atoms with Crippen molar-refractivity contribution >= 4 is 0 Å². The summed E-state index contributed by atoms with van der Waals surface area (Å²) in [4.78, 5) is 2.50. The summed E-state index contributed by atoms with van der Waals surface area (Å²) in [5.74, 6) is 0.168. The SMILES string of the molecule is CCC(CCc1ccc(C2CC2F)cc1)N(C)CCc1ccccc1. The van der Waals surface area contributed by atoms with Crippen molar-refractivity contribution in [2.45, 2.75) is 57.2 Å². The summed E-state index contributed by atoms with van der Waals surface area (Å²) in [6.45, 7) is 3.38. The molecule has 0 N–H and O–H groups in total. The molecule has 1 aliphatic rings. The summed E-state index contributed by atoms with van der Waals surface area (Å²) < 4.78 is 13.1. The van der Waals surface area contributed by atoms with Crippen molar-refractivity contribution < 1.29 is 4.39 Å². The second-order valence-corrected chi connectivity index (χ2v) is 7.42. The fourth-order valence-corrected chi connectivity index (χ4v) is 3.64. The third kappa shape index (κ3) is 5.15. The first-order valence-electron chi connectivity index (χ1n) is 9.64. The first-order valence-corrected chi connectivity index (χ1v) is 9.64. The molecule has 0 spiro atoms. The van der Waals surface area contributed by atoms with Crippen LogP contribution < -0.4 is 0 Å². The van der Waals surface area contributed by atoms with Gasteiger partial charge in [-0.2, -0.15) is 0 Å². The van der Waals surface area contributed by atoms with Crippen molar-refractivity contribution in [1.82, 2.24) is 4.90 Å². The predicted molar refractivity (Wildman–Crippen MR) is 104 cm³/mol. The third-order valence-corrected chi connectivity index (χ3v) is 5.58. The van der Waals surface area contributed by atoms with Gasteiger partial charge in [-0.1, -0.05) is 61.5 Å². The number of aryl methyl sites for hydroxylation is 1. The van der Waals surface area contributed by atoms with Crippen LogP contribution in [0.1, 0.15) is 48.8 Å². The molecular formula is C23H30FN. The van der Waals surface area contributed by atoms with Crippen LogP contribution in [0.15, 0.2) is 54.6 Å². The molecule has 1 aliphatic carbocycles. The second-order valence-electron chi connectivity index (χ2n) is 7.42. The Morgan fingerprint density at radius 1 is 1.00 bits per heavy atom. The summed E-state index contributed by atoms with van der Waals surface area (Å²) in [5, 5.41) is 0. The largest absolute Gasteiger partial charge is 0.303 e. The van der Waals surface area contributed by atoms with Crippen LogP contribution in [0.2, 0.25) is 0 Å². The highest BCUT2D eigenvalue weighted by Gasteiger charge is 2.38. The van der Waals surface area contributed by atoms with E-state index < -0.39 is 6.17 Å². The molecule has 3 atom stereocenters. The molecule has 0 heterocycles. The molecule has 1 saturated carbocycles. The van der Waals surface area contributed by atoms with E-state index in [9.17, 15) is 4.39 Å². The molecule has 0 radical (unpaired) electrons. The van der Waals surface area contributed by atoms with E-state index in [2.05, 4.69) is 73.5 Å². The Morgan fingerprint density at radius 3 is 2.24 bits per heavy atom. The lowest BCUT2D eigenvalue weighted by Gasteiger charge is -2.27. The molecule has 0 amide bonds. The molecule has 1 fully saturated rings. The van der Waals surface area contributed by atoms with Gasteiger partial charge in [-0.05, 0) is 55.8 Å². The van der Waals surface area contributed by atoms with E-state index >= 15 is 0 Å². The molecule has 0 aliphatic heterocycles. The van der Waals surface area contributed by atoms with Gasteiger partial charge in [0.2, 0.25) is 0 Å². The standard InChI is InChI=1S/C23H30FN/c1-3-21(25(2)16-15-18-7-5-4-6-8-18)14-11-19-9-12-20(13-10-19)22-17-23(22)24/h4-10,12-13,21-23H,3,11,14-17H2,1-2H3. The number of rotatable bonds is 9. The molecule has 2 heteroatoms. The Morgan fingerprint density at radius 2 is 1.64 bits per heavy atom. The summed E-state index contributed by atoms with van der Waals surface area (Å²) in [6.07, 6.45) is 4.66. The van der Waals surface area contributed by atoms with Crippen molar-refractivity contribution in [3.63, 3.8) is 0 Å². The number of hydrogen-bond acceptors (Lipinski definition) is 1. The van der Waals surface area contributed by atoms with Gasteiger partial charge in [0.15, 0.2) is 0 Å². The number of alkyl halides is 1. The van der Waals surface area contributed by atoms with Crippen LogP contribution in [0.5, 0.6) is 0 Å². The zero-order valence-corrected chi connectivity index (χ0v) is 15.5. The van der Waals surface area contributed by atoms with Gasteiger partial charge in [0.25, 0.3) is 0 Å². The predicted octanol–water partition coefficient (Wildman–Crippen LogP) is 5.40. The molecule has 2 aromatic rings. The number of benzene rings is 2. The summed E-state index contributed by atoms with van der Waals surface area (Å²) >= 11 is 0. The molecule has 134 valence electrons. The minimum absolute atomic E-state index is 0.168. The van der Waals surface area contributed by atoms with Crippen molar-refractivity contribution in [2.24, 2.45) is 0 Å². The third-order valence-electron chi connectivity index (χ3n) is 5.58. The van der Waals surface area contributed by atoms with Gasteiger partial charge >= 0.3 is 0 Å². The van der Waals surface area contributed by atoms with Crippen molar-refractivity contribution in [1.29, 1.82) is 0 Å². The Labute approximate surface area is 151 Å². The molecule has 1 nitrogen and oxygen atoms in total. The first-order chi connectivity index (χ1) is 12.2. The van der Waals surface area contributed by atoms with E-state index in [4.69, 9.17) is 0 Å². The molecule has 0 saturated heterocycles. The van der Waals surface area contributed by atoms with E-state index in [1.165, 1.54) is 29.5 Å². The van der Waals surface area contributed by atoms with E-state index in [1.54, 1.807) is 0 Å². The smallest absolute Gasteiger partial charge is 0.108 e. The highest BCUT2D eigenvalue weighted by atomic mass is 19.1. The van der Waals surface area contributed by atoms with Crippen LogP contribution >= 0.6 is 0 Å². The number of nitrogens with zero attached hydrogens (tertiary/aromatic N) is 1. The first kappa shape index (κ1) is 18.1. The van der Waals surface area contributed by atoms with Crippen LogP contribution in [0.4, 0.5) is 4.39 Å². The van der Waals surface area contributed by atoms with Gasteiger partial charge in [-0.15, -0.1) is 0 Å². The van der Waals surface area contributed by atoms with Crippen molar-refractivity contribution in [3.05, 3.63) is 71.3 Å². The average molecular weight is 339 g/mol. The van der Waals surface area contributed by atoms with E-state index in [0.717, 1.165) is 19.4 Å². The van der Waals surface area contributed by atoms with Crippen LogP contribution in [0.3, 0.4) is 0 Å². The Bertz CT molecular complexity index is 637. The van der Waals surface area contributed by atoms with Gasteiger partial charge in [0.1, 0.15) is 6.17 Å². The number of hydrogen-bond donors (Lipinski definition) is 0. The minimum atomic E-state index is -0.603. The highest BCUT2D eigenvalue weighted by molar-refractivity contribution is 5.30. The topological polar surface area (TPSA) is 3.24 Å². The quantitative estimate of drug-likeness (QED) is 0.591. The maximum atomic E-state index is 13.1. The molecular weight excluding hydrogens is 309 g/mol. The Hall–Kier alpha value is -1.67. The van der Waals surface area contributed by atoms with Gasteiger partial charge in [-0.3, -0.25) is 0 Å². The monoisotopic (exact) mass is 339 g/mol. The maximum absolute atomic E-state index is 13.1. The fourth-order valence-electron chi connectivity index (χ4n) is 3.64. The molecule has 2 aromatic carbocycles. The molecule has 0 bridgehead atoms. The lowest BCUT2D eigenvalue weighted by molar-refractivity contribution is 0.227. The van der Waals surface area contributed by atoms with E-state index in [1.807, 2.05) is 0 Å². The second kappa shape index (κ2) is 8.62. The molecule has 3 unspecified atom stereocenters. The molecule has 0 aromatic heterocycles. The van der Waals surface area contributed by atoms with Crippen molar-refractivity contribution in [2.75, 3.05) is 13.6 Å². The summed E-state index contributed by atoms with van der Waals surface area (Å²) in [7, 11) is 2.24. The average Bonchev–Trinajstić information content (AvgIpc) is 3.38. The zero-order chi connectivity index (χ0) is 17.6. The van der Waals surface area contributed by atoms with Gasteiger partial charge < -0.3 is 4.90 Å². The van der Waals surface area contributed by atoms with E-state index in [0.29, 0.717) is 12.5 Å². The highest BCUT2D eigenvalue weighted by Crippen LogP contribution is 2.43. The normalized spacial score (nSPS) is 20.6. The lowest BCUT2D eigenvalue weighted by atomic mass is 10.00. The number of halogens is 1. The van der Waals surface area contributed by atoms with E-state index in [-0.39, 0.29) is 5.92 Å². The Kier molecular flexibility index (Phi) is 6.25. The maximum Gasteiger partial charge on any atom is 0.108 e.